The Bertz CT molecular complexity index is 828. The van der Waals surface area contributed by atoms with E-state index in [2.05, 4.69) is 22.9 Å². The summed E-state index contributed by atoms with van der Waals surface area (Å²) in [4.78, 5) is 17.0. The largest absolute Gasteiger partial charge is 0.338 e. The normalized spacial score (nSPS) is 15.4. The van der Waals surface area contributed by atoms with Crippen LogP contribution in [0.5, 0.6) is 0 Å². The summed E-state index contributed by atoms with van der Waals surface area (Å²) < 4.78 is 15.3. The molecule has 146 valence electrons. The minimum Gasteiger partial charge on any atom is -0.338 e. The number of benzene rings is 1. The fourth-order valence-corrected chi connectivity index (χ4v) is 5.75. The number of halogens is 2. The summed E-state index contributed by atoms with van der Waals surface area (Å²) >= 11 is 5.25. The molecule has 1 aromatic heterocycles. The van der Waals surface area contributed by atoms with Gasteiger partial charge in [0.1, 0.15) is 5.82 Å². The molecule has 2 N–H and O–H groups in total. The maximum absolute atomic E-state index is 14.3. The Kier molecular flexibility index (Phi) is 6.71. The molecule has 0 unspecified atom stereocenters. The third kappa shape index (κ3) is 4.28. The second-order valence-corrected chi connectivity index (χ2v) is 9.07. The standard InChI is InChI=1S/C21H26BrFN2OS/c1-3-4-18-19(22)13(2)20(27-18)21(26)25-9-7-15(8-10-25)16-11-14(12-24)5-6-17(16)23/h5-6,11,15H,3-4,7-10,12,24H2,1-2H3. The molecule has 2 aromatic rings. The fraction of sp³-hybridized carbons (Fsp3) is 0.476. The van der Waals surface area contributed by atoms with E-state index in [-0.39, 0.29) is 17.6 Å². The molecule has 27 heavy (non-hydrogen) atoms. The lowest BCUT2D eigenvalue weighted by Gasteiger charge is -2.32. The van der Waals surface area contributed by atoms with Crippen LogP contribution < -0.4 is 5.73 Å². The van der Waals surface area contributed by atoms with E-state index in [1.165, 1.54) is 10.9 Å². The third-order valence-electron chi connectivity index (χ3n) is 5.33. The van der Waals surface area contributed by atoms with Crippen molar-refractivity contribution in [2.75, 3.05) is 13.1 Å². The Morgan fingerprint density at radius 2 is 2.07 bits per heavy atom. The molecular formula is C21H26BrFN2OS. The van der Waals surface area contributed by atoms with Crippen LogP contribution in [0.15, 0.2) is 22.7 Å². The molecule has 3 rings (SSSR count). The summed E-state index contributed by atoms with van der Waals surface area (Å²) in [6, 6.07) is 5.13. The number of hydrogen-bond donors (Lipinski definition) is 1. The van der Waals surface area contributed by atoms with Crippen LogP contribution in [0.1, 0.15) is 63.3 Å². The first kappa shape index (κ1) is 20.5. The van der Waals surface area contributed by atoms with Crippen LogP contribution in [0.4, 0.5) is 4.39 Å². The number of aryl methyl sites for hydroxylation is 1. The molecule has 0 atom stereocenters. The monoisotopic (exact) mass is 452 g/mol. The van der Waals surface area contributed by atoms with E-state index in [0.29, 0.717) is 19.6 Å². The van der Waals surface area contributed by atoms with Crippen LogP contribution in [-0.2, 0) is 13.0 Å². The predicted molar refractivity (Wildman–Crippen MR) is 113 cm³/mol. The zero-order valence-electron chi connectivity index (χ0n) is 15.9. The summed E-state index contributed by atoms with van der Waals surface area (Å²) in [5.74, 6) is 0.0850. The molecule has 0 spiro atoms. The molecule has 6 heteroatoms. The number of nitrogens with zero attached hydrogens (tertiary/aromatic N) is 1. The van der Waals surface area contributed by atoms with E-state index in [1.807, 2.05) is 17.9 Å². The van der Waals surface area contributed by atoms with Crippen molar-refractivity contribution in [3.8, 4) is 0 Å². The van der Waals surface area contributed by atoms with E-state index in [9.17, 15) is 9.18 Å². The van der Waals surface area contributed by atoms with Crippen molar-refractivity contribution >= 4 is 33.2 Å². The Morgan fingerprint density at radius 1 is 1.37 bits per heavy atom. The SMILES string of the molecule is CCCc1sc(C(=O)N2CCC(c3cc(CN)ccc3F)CC2)c(C)c1Br. The lowest BCUT2D eigenvalue weighted by atomic mass is 9.88. The minimum absolute atomic E-state index is 0.107. The molecule has 1 aromatic carbocycles. The van der Waals surface area contributed by atoms with E-state index in [1.54, 1.807) is 17.4 Å². The first-order chi connectivity index (χ1) is 13.0. The number of rotatable bonds is 5. The molecule has 1 aliphatic rings. The predicted octanol–water partition coefficient (Wildman–Crippen LogP) is 5.39. The van der Waals surface area contributed by atoms with Gasteiger partial charge in [0.25, 0.3) is 5.91 Å². The van der Waals surface area contributed by atoms with Crippen LogP contribution in [0.2, 0.25) is 0 Å². The zero-order valence-corrected chi connectivity index (χ0v) is 18.3. The molecule has 1 amide bonds. The second-order valence-electron chi connectivity index (χ2n) is 7.17. The van der Waals surface area contributed by atoms with Gasteiger partial charge in [-0.05, 0) is 70.8 Å². The fourth-order valence-electron chi connectivity index (χ4n) is 3.72. The van der Waals surface area contributed by atoms with Crippen molar-refractivity contribution in [2.45, 2.75) is 52.0 Å². The molecular weight excluding hydrogens is 427 g/mol. The Hall–Kier alpha value is -1.24. The van der Waals surface area contributed by atoms with Crippen molar-refractivity contribution in [1.82, 2.24) is 4.90 Å². The number of thiophene rings is 1. The summed E-state index contributed by atoms with van der Waals surface area (Å²) in [7, 11) is 0. The van der Waals surface area contributed by atoms with E-state index >= 15 is 0 Å². The maximum atomic E-state index is 14.3. The van der Waals surface area contributed by atoms with Crippen LogP contribution >= 0.6 is 27.3 Å². The lowest BCUT2D eigenvalue weighted by Crippen LogP contribution is -2.38. The highest BCUT2D eigenvalue weighted by Gasteiger charge is 2.28. The van der Waals surface area contributed by atoms with Crippen molar-refractivity contribution in [2.24, 2.45) is 5.73 Å². The van der Waals surface area contributed by atoms with Gasteiger partial charge >= 0.3 is 0 Å². The highest BCUT2D eigenvalue weighted by molar-refractivity contribution is 9.10. The number of likely N-dealkylation sites (tertiary alicyclic amines) is 1. The molecule has 0 bridgehead atoms. The lowest BCUT2D eigenvalue weighted by molar-refractivity contribution is 0.0716. The van der Waals surface area contributed by atoms with E-state index in [0.717, 1.165) is 51.7 Å². The van der Waals surface area contributed by atoms with Gasteiger partial charge in [-0.15, -0.1) is 11.3 Å². The smallest absolute Gasteiger partial charge is 0.264 e. The maximum Gasteiger partial charge on any atom is 0.264 e. The first-order valence-corrected chi connectivity index (χ1v) is 11.1. The summed E-state index contributed by atoms with van der Waals surface area (Å²) in [6.45, 7) is 5.89. The van der Waals surface area contributed by atoms with Crippen LogP contribution in [0.3, 0.4) is 0 Å². The van der Waals surface area contributed by atoms with Gasteiger partial charge in [-0.1, -0.05) is 25.5 Å². The van der Waals surface area contributed by atoms with Crippen molar-refractivity contribution in [3.63, 3.8) is 0 Å². The Morgan fingerprint density at radius 3 is 2.70 bits per heavy atom. The number of amides is 1. The molecule has 2 heterocycles. The minimum atomic E-state index is -0.167. The molecule has 3 nitrogen and oxygen atoms in total. The van der Waals surface area contributed by atoms with Gasteiger partial charge in [-0.25, -0.2) is 4.39 Å². The number of hydrogen-bond acceptors (Lipinski definition) is 3. The van der Waals surface area contributed by atoms with Gasteiger partial charge < -0.3 is 10.6 Å². The van der Waals surface area contributed by atoms with Gasteiger partial charge in [-0.3, -0.25) is 4.79 Å². The van der Waals surface area contributed by atoms with Gasteiger partial charge in [0.15, 0.2) is 0 Å². The van der Waals surface area contributed by atoms with Gasteiger partial charge in [-0.2, -0.15) is 0 Å². The Balaban J connectivity index is 1.71. The number of nitrogens with two attached hydrogens (primary N) is 1. The number of piperidine rings is 1. The van der Waals surface area contributed by atoms with Crippen LogP contribution in [0.25, 0.3) is 0 Å². The van der Waals surface area contributed by atoms with Gasteiger partial charge in [0, 0.05) is 29.0 Å². The highest BCUT2D eigenvalue weighted by Crippen LogP contribution is 2.36. The number of carbonyl (C=O) groups is 1. The highest BCUT2D eigenvalue weighted by atomic mass is 79.9. The van der Waals surface area contributed by atoms with Gasteiger partial charge in [0.05, 0.1) is 4.88 Å². The summed E-state index contributed by atoms with van der Waals surface area (Å²) in [5, 5.41) is 0. The molecule has 1 fully saturated rings. The molecule has 0 aliphatic carbocycles. The van der Waals surface area contributed by atoms with Crippen LogP contribution in [0, 0.1) is 12.7 Å². The topological polar surface area (TPSA) is 46.3 Å². The molecule has 1 aliphatic heterocycles. The average Bonchev–Trinajstić information content (AvgIpc) is 2.97. The molecule has 0 saturated carbocycles. The molecule has 0 radical (unpaired) electrons. The van der Waals surface area contributed by atoms with Crippen LogP contribution in [-0.4, -0.2) is 23.9 Å². The Labute approximate surface area is 172 Å². The van der Waals surface area contributed by atoms with Crippen molar-refractivity contribution in [3.05, 3.63) is 54.9 Å². The average molecular weight is 453 g/mol. The van der Waals surface area contributed by atoms with Crippen molar-refractivity contribution in [1.29, 1.82) is 0 Å². The van der Waals surface area contributed by atoms with E-state index < -0.39 is 0 Å². The molecule has 1 saturated heterocycles. The third-order valence-corrected chi connectivity index (χ3v) is 8.00. The van der Waals surface area contributed by atoms with E-state index in [4.69, 9.17) is 5.73 Å². The van der Waals surface area contributed by atoms with Gasteiger partial charge in [0.2, 0.25) is 0 Å². The quantitative estimate of drug-likeness (QED) is 0.660. The number of carbonyl (C=O) groups excluding carboxylic acids is 1. The summed E-state index contributed by atoms with van der Waals surface area (Å²) in [6.07, 6.45) is 3.61. The van der Waals surface area contributed by atoms with Crippen molar-refractivity contribution < 1.29 is 9.18 Å². The summed E-state index contributed by atoms with van der Waals surface area (Å²) in [5.41, 5.74) is 8.43. The first-order valence-electron chi connectivity index (χ1n) is 9.51. The zero-order chi connectivity index (χ0) is 19.6. The second kappa shape index (κ2) is 8.84.